The Morgan fingerprint density at radius 2 is 1.95 bits per heavy atom. The number of rotatable bonds is 1. The number of imidazole rings is 1. The summed E-state index contributed by atoms with van der Waals surface area (Å²) in [5, 5.41) is 0. The first kappa shape index (κ1) is 13.6. The van der Waals surface area contributed by atoms with Crippen molar-refractivity contribution < 1.29 is 0 Å². The van der Waals surface area contributed by atoms with Gasteiger partial charge >= 0.3 is 0 Å². The molecule has 2 atom stereocenters. The SMILES string of the molecule is Cc1cc2ncn(C3CCCC(C)(C)C3N)c2cc1C. The lowest BCUT2D eigenvalue weighted by molar-refractivity contribution is 0.145. The molecular formula is C17H25N3. The number of benzene rings is 1. The zero-order valence-electron chi connectivity index (χ0n) is 13.0. The molecular weight excluding hydrogens is 246 g/mol. The summed E-state index contributed by atoms with van der Waals surface area (Å²) in [6, 6.07) is 4.99. The lowest BCUT2D eigenvalue weighted by atomic mass is 9.71. The van der Waals surface area contributed by atoms with Gasteiger partial charge in [0.2, 0.25) is 0 Å². The monoisotopic (exact) mass is 271 g/mol. The maximum absolute atomic E-state index is 6.56. The number of hydrogen-bond acceptors (Lipinski definition) is 2. The number of nitrogens with zero attached hydrogens (tertiary/aromatic N) is 2. The standard InChI is InChI=1S/C17H25N3/c1-11-8-13-15(9-12(11)2)20(10-19-13)14-6-5-7-17(3,4)16(14)18/h8-10,14,16H,5-7,18H2,1-4H3. The van der Waals surface area contributed by atoms with E-state index in [9.17, 15) is 0 Å². The third-order valence-corrected chi connectivity index (χ3v) is 5.19. The van der Waals surface area contributed by atoms with Gasteiger partial charge in [-0.3, -0.25) is 0 Å². The number of fused-ring (bicyclic) bond motifs is 1. The van der Waals surface area contributed by atoms with Gasteiger partial charge in [0.1, 0.15) is 0 Å². The summed E-state index contributed by atoms with van der Waals surface area (Å²) in [7, 11) is 0. The van der Waals surface area contributed by atoms with Crippen LogP contribution in [0.4, 0.5) is 0 Å². The molecule has 3 rings (SSSR count). The Balaban J connectivity index is 2.08. The molecule has 2 aromatic rings. The Bertz CT molecular complexity index is 639. The van der Waals surface area contributed by atoms with Crippen LogP contribution in [0.1, 0.15) is 50.3 Å². The van der Waals surface area contributed by atoms with Crippen LogP contribution in [0.2, 0.25) is 0 Å². The summed E-state index contributed by atoms with van der Waals surface area (Å²) in [6.07, 6.45) is 5.60. The number of aromatic nitrogens is 2. The average molecular weight is 271 g/mol. The minimum absolute atomic E-state index is 0.190. The summed E-state index contributed by atoms with van der Waals surface area (Å²) in [5.41, 5.74) is 11.7. The van der Waals surface area contributed by atoms with E-state index in [1.54, 1.807) is 0 Å². The predicted octanol–water partition coefficient (Wildman–Crippen LogP) is 3.73. The third kappa shape index (κ3) is 2.05. The van der Waals surface area contributed by atoms with Gasteiger partial charge in [0.15, 0.2) is 0 Å². The smallest absolute Gasteiger partial charge is 0.0961 e. The molecule has 1 aliphatic carbocycles. The number of aryl methyl sites for hydroxylation is 2. The van der Waals surface area contributed by atoms with Crippen LogP contribution < -0.4 is 5.73 Å². The van der Waals surface area contributed by atoms with Crippen molar-refractivity contribution in [2.45, 2.75) is 59.0 Å². The van der Waals surface area contributed by atoms with E-state index < -0.39 is 0 Å². The summed E-state index contributed by atoms with van der Waals surface area (Å²) < 4.78 is 2.31. The second-order valence-corrected chi connectivity index (χ2v) is 7.05. The highest BCUT2D eigenvalue weighted by Crippen LogP contribution is 2.41. The zero-order chi connectivity index (χ0) is 14.5. The van der Waals surface area contributed by atoms with E-state index >= 15 is 0 Å². The molecule has 3 heteroatoms. The van der Waals surface area contributed by atoms with E-state index in [4.69, 9.17) is 5.73 Å². The molecule has 0 saturated heterocycles. The summed E-state index contributed by atoms with van der Waals surface area (Å²) >= 11 is 0. The molecule has 1 aromatic carbocycles. The van der Waals surface area contributed by atoms with Crippen LogP contribution >= 0.6 is 0 Å². The summed E-state index contributed by atoms with van der Waals surface area (Å²) in [4.78, 5) is 4.59. The molecule has 1 aromatic heterocycles. The minimum Gasteiger partial charge on any atom is -0.326 e. The number of nitrogens with two attached hydrogens (primary N) is 1. The van der Waals surface area contributed by atoms with E-state index in [-0.39, 0.29) is 11.5 Å². The maximum Gasteiger partial charge on any atom is 0.0961 e. The Kier molecular flexibility index (Phi) is 3.13. The Labute approximate surface area is 121 Å². The molecule has 1 fully saturated rings. The van der Waals surface area contributed by atoms with Gasteiger partial charge in [0.25, 0.3) is 0 Å². The van der Waals surface area contributed by atoms with Crippen LogP contribution in [0, 0.1) is 19.3 Å². The summed E-state index contributed by atoms with van der Waals surface area (Å²) in [6.45, 7) is 8.89. The van der Waals surface area contributed by atoms with Crippen molar-refractivity contribution >= 4 is 11.0 Å². The maximum atomic E-state index is 6.56. The van der Waals surface area contributed by atoms with Gasteiger partial charge in [-0.15, -0.1) is 0 Å². The Hall–Kier alpha value is -1.35. The predicted molar refractivity (Wildman–Crippen MR) is 83.9 cm³/mol. The number of hydrogen-bond donors (Lipinski definition) is 1. The van der Waals surface area contributed by atoms with Crippen molar-refractivity contribution in [1.82, 2.24) is 9.55 Å². The highest BCUT2D eigenvalue weighted by Gasteiger charge is 2.37. The van der Waals surface area contributed by atoms with Gasteiger partial charge in [0.05, 0.1) is 23.4 Å². The molecule has 1 heterocycles. The molecule has 108 valence electrons. The van der Waals surface area contributed by atoms with Gasteiger partial charge in [-0.1, -0.05) is 20.3 Å². The van der Waals surface area contributed by atoms with Crippen molar-refractivity contribution in [2.75, 3.05) is 0 Å². The molecule has 1 aliphatic rings. The Morgan fingerprint density at radius 1 is 1.25 bits per heavy atom. The van der Waals surface area contributed by atoms with Crippen LogP contribution in [0.5, 0.6) is 0 Å². The molecule has 0 radical (unpaired) electrons. The normalized spacial score (nSPS) is 26.1. The van der Waals surface area contributed by atoms with Crippen LogP contribution in [0.15, 0.2) is 18.5 Å². The molecule has 2 unspecified atom stereocenters. The minimum atomic E-state index is 0.190. The fourth-order valence-electron chi connectivity index (χ4n) is 3.49. The van der Waals surface area contributed by atoms with Crippen LogP contribution in [-0.2, 0) is 0 Å². The van der Waals surface area contributed by atoms with Crippen molar-refractivity contribution in [1.29, 1.82) is 0 Å². The quantitative estimate of drug-likeness (QED) is 0.858. The fraction of sp³-hybridized carbons (Fsp3) is 0.588. The Morgan fingerprint density at radius 3 is 2.70 bits per heavy atom. The van der Waals surface area contributed by atoms with E-state index in [1.165, 1.54) is 29.5 Å². The fourth-order valence-corrected chi connectivity index (χ4v) is 3.49. The highest BCUT2D eigenvalue weighted by molar-refractivity contribution is 5.77. The second-order valence-electron chi connectivity index (χ2n) is 7.05. The van der Waals surface area contributed by atoms with Crippen molar-refractivity contribution in [3.8, 4) is 0 Å². The zero-order valence-corrected chi connectivity index (χ0v) is 13.0. The molecule has 0 aliphatic heterocycles. The van der Waals surface area contributed by atoms with Crippen LogP contribution in [0.3, 0.4) is 0 Å². The van der Waals surface area contributed by atoms with Gasteiger partial charge in [0, 0.05) is 6.04 Å². The van der Waals surface area contributed by atoms with E-state index in [2.05, 4.69) is 49.4 Å². The van der Waals surface area contributed by atoms with Gasteiger partial charge in [-0.2, -0.15) is 0 Å². The average Bonchev–Trinajstić information content (AvgIpc) is 2.76. The van der Waals surface area contributed by atoms with Gasteiger partial charge < -0.3 is 10.3 Å². The molecule has 2 N–H and O–H groups in total. The van der Waals surface area contributed by atoms with Crippen molar-refractivity contribution in [3.63, 3.8) is 0 Å². The van der Waals surface area contributed by atoms with E-state index in [1.807, 2.05) is 6.33 Å². The molecule has 0 spiro atoms. The lowest BCUT2D eigenvalue weighted by Gasteiger charge is -2.42. The van der Waals surface area contributed by atoms with Crippen molar-refractivity contribution in [2.24, 2.45) is 11.1 Å². The van der Waals surface area contributed by atoms with E-state index in [0.29, 0.717) is 6.04 Å². The first-order valence-corrected chi connectivity index (χ1v) is 7.59. The van der Waals surface area contributed by atoms with Crippen LogP contribution in [-0.4, -0.2) is 15.6 Å². The van der Waals surface area contributed by atoms with Crippen molar-refractivity contribution in [3.05, 3.63) is 29.6 Å². The molecule has 1 saturated carbocycles. The lowest BCUT2D eigenvalue weighted by Crippen LogP contribution is -2.47. The topological polar surface area (TPSA) is 43.8 Å². The first-order valence-electron chi connectivity index (χ1n) is 7.59. The highest BCUT2D eigenvalue weighted by atomic mass is 15.1. The largest absolute Gasteiger partial charge is 0.326 e. The molecule has 0 bridgehead atoms. The molecule has 3 nitrogen and oxygen atoms in total. The van der Waals surface area contributed by atoms with Gasteiger partial charge in [-0.05, 0) is 55.4 Å². The second kappa shape index (κ2) is 4.59. The van der Waals surface area contributed by atoms with Crippen LogP contribution in [0.25, 0.3) is 11.0 Å². The first-order chi connectivity index (χ1) is 9.40. The molecule has 0 amide bonds. The third-order valence-electron chi connectivity index (χ3n) is 5.19. The van der Waals surface area contributed by atoms with Gasteiger partial charge in [-0.25, -0.2) is 4.98 Å². The molecule has 20 heavy (non-hydrogen) atoms. The van der Waals surface area contributed by atoms with E-state index in [0.717, 1.165) is 11.9 Å². The summed E-state index contributed by atoms with van der Waals surface area (Å²) in [5.74, 6) is 0.